The van der Waals surface area contributed by atoms with Gasteiger partial charge in [-0.15, -0.1) is 0 Å². The molecule has 0 aliphatic heterocycles. The van der Waals surface area contributed by atoms with Gasteiger partial charge in [-0.05, 0) is 55.6 Å². The molecular weight excluding hydrogens is 215 g/mol. The summed E-state index contributed by atoms with van der Waals surface area (Å²) >= 11 is 0. The highest BCUT2D eigenvalue weighted by molar-refractivity contribution is 5.11. The predicted octanol–water partition coefficient (Wildman–Crippen LogP) is 3.05. The number of hydrogen-bond donors (Lipinski definition) is 1. The van der Waals surface area contributed by atoms with Crippen LogP contribution in [0, 0.1) is 23.6 Å². The van der Waals surface area contributed by atoms with E-state index >= 15 is 0 Å². The van der Waals surface area contributed by atoms with Gasteiger partial charge in [0.15, 0.2) is 0 Å². The van der Waals surface area contributed by atoms with E-state index in [2.05, 4.69) is 4.98 Å². The number of nitrogens with zero attached hydrogens (tertiary/aromatic N) is 1. The van der Waals surface area contributed by atoms with Crippen LogP contribution in [0.15, 0.2) is 18.3 Å². The van der Waals surface area contributed by atoms with Crippen LogP contribution in [-0.2, 0) is 0 Å². The van der Waals surface area contributed by atoms with Crippen LogP contribution >= 0.6 is 0 Å². The van der Waals surface area contributed by atoms with Gasteiger partial charge in [0.1, 0.15) is 5.82 Å². The van der Waals surface area contributed by atoms with Crippen LogP contribution in [0.4, 0.5) is 4.39 Å². The highest BCUT2D eigenvalue weighted by atomic mass is 19.1. The summed E-state index contributed by atoms with van der Waals surface area (Å²) in [4.78, 5) is 4.08. The molecule has 0 spiro atoms. The molecule has 0 amide bonds. The lowest BCUT2D eigenvalue weighted by atomic mass is 9.83. The summed E-state index contributed by atoms with van der Waals surface area (Å²) in [5.74, 6) is 2.21. The van der Waals surface area contributed by atoms with E-state index in [0.717, 1.165) is 18.3 Å². The number of fused-ring (bicyclic) bond motifs is 2. The van der Waals surface area contributed by atoms with Crippen LogP contribution in [0.1, 0.15) is 43.8 Å². The van der Waals surface area contributed by atoms with E-state index in [4.69, 9.17) is 5.73 Å². The van der Waals surface area contributed by atoms with Crippen LogP contribution in [0.25, 0.3) is 0 Å². The van der Waals surface area contributed by atoms with Crippen molar-refractivity contribution in [3.8, 4) is 0 Å². The van der Waals surface area contributed by atoms with Gasteiger partial charge in [-0.1, -0.05) is 6.42 Å². The summed E-state index contributed by atoms with van der Waals surface area (Å²) in [7, 11) is 0. The van der Waals surface area contributed by atoms with Gasteiger partial charge in [0.2, 0.25) is 0 Å². The van der Waals surface area contributed by atoms with Crippen molar-refractivity contribution in [2.24, 2.45) is 23.5 Å². The molecule has 17 heavy (non-hydrogen) atoms. The lowest BCUT2D eigenvalue weighted by molar-refractivity contribution is 0.292. The van der Waals surface area contributed by atoms with Crippen molar-refractivity contribution in [3.63, 3.8) is 0 Å². The molecule has 4 unspecified atom stereocenters. The fraction of sp³-hybridized carbons (Fsp3) is 0.643. The molecule has 92 valence electrons. The molecule has 1 heterocycles. The molecule has 1 aromatic rings. The topological polar surface area (TPSA) is 38.9 Å². The number of hydrogen-bond acceptors (Lipinski definition) is 2. The summed E-state index contributed by atoms with van der Waals surface area (Å²) < 4.78 is 13.6. The molecule has 0 aromatic carbocycles. The maximum atomic E-state index is 13.6. The summed E-state index contributed by atoms with van der Waals surface area (Å²) in [6.07, 6.45) is 7.95. The quantitative estimate of drug-likeness (QED) is 0.873. The summed E-state index contributed by atoms with van der Waals surface area (Å²) in [5, 5.41) is 0. The molecule has 4 atom stereocenters. The minimum atomic E-state index is -0.261. The van der Waals surface area contributed by atoms with E-state index in [9.17, 15) is 4.39 Å². The number of aromatic nitrogens is 1. The van der Waals surface area contributed by atoms with Crippen LogP contribution < -0.4 is 5.73 Å². The fourth-order valence-electron chi connectivity index (χ4n) is 3.77. The minimum Gasteiger partial charge on any atom is -0.323 e. The van der Waals surface area contributed by atoms with Gasteiger partial charge in [0.05, 0.1) is 11.7 Å². The third-order valence-corrected chi connectivity index (χ3v) is 4.58. The first-order valence-corrected chi connectivity index (χ1v) is 6.60. The summed E-state index contributed by atoms with van der Waals surface area (Å²) in [6.45, 7) is 0. The maximum Gasteiger partial charge on any atom is 0.146 e. The Kier molecular flexibility index (Phi) is 2.87. The molecule has 2 fully saturated rings. The minimum absolute atomic E-state index is 0.236. The number of nitrogens with two attached hydrogens (primary N) is 1. The Balaban J connectivity index is 1.68. The first-order valence-electron chi connectivity index (χ1n) is 6.60. The average molecular weight is 234 g/mol. The molecule has 2 bridgehead atoms. The average Bonchev–Trinajstić information content (AvgIpc) is 2.91. The zero-order valence-electron chi connectivity index (χ0n) is 9.98. The van der Waals surface area contributed by atoms with Gasteiger partial charge >= 0.3 is 0 Å². The van der Waals surface area contributed by atoms with Crippen molar-refractivity contribution in [2.75, 3.05) is 0 Å². The van der Waals surface area contributed by atoms with E-state index in [1.165, 1.54) is 31.7 Å². The SMILES string of the molecule is NC(CC1CC2CCC1C2)c1ncccc1F. The lowest BCUT2D eigenvalue weighted by Crippen LogP contribution is -2.21. The molecule has 2 nitrogen and oxygen atoms in total. The molecule has 2 N–H and O–H groups in total. The van der Waals surface area contributed by atoms with Crippen molar-refractivity contribution in [3.05, 3.63) is 29.8 Å². The van der Waals surface area contributed by atoms with Gasteiger partial charge < -0.3 is 5.73 Å². The van der Waals surface area contributed by atoms with Crippen molar-refractivity contribution in [1.29, 1.82) is 0 Å². The van der Waals surface area contributed by atoms with Crippen LogP contribution in [0.3, 0.4) is 0 Å². The van der Waals surface area contributed by atoms with E-state index in [1.54, 1.807) is 12.3 Å². The third kappa shape index (κ3) is 2.08. The molecule has 2 aliphatic carbocycles. The molecule has 2 saturated carbocycles. The molecular formula is C14H19FN2. The first-order chi connectivity index (χ1) is 8.24. The van der Waals surface area contributed by atoms with Gasteiger partial charge in [0.25, 0.3) is 0 Å². The van der Waals surface area contributed by atoms with E-state index in [-0.39, 0.29) is 11.9 Å². The van der Waals surface area contributed by atoms with Crippen molar-refractivity contribution < 1.29 is 4.39 Å². The zero-order chi connectivity index (χ0) is 11.8. The Morgan fingerprint density at radius 1 is 1.41 bits per heavy atom. The Labute approximate surface area is 101 Å². The van der Waals surface area contributed by atoms with Gasteiger partial charge in [0, 0.05) is 6.20 Å². The second kappa shape index (κ2) is 4.37. The molecule has 3 rings (SSSR count). The van der Waals surface area contributed by atoms with Crippen LogP contribution in [0.5, 0.6) is 0 Å². The maximum absolute atomic E-state index is 13.6. The van der Waals surface area contributed by atoms with E-state index in [1.807, 2.05) is 0 Å². The van der Waals surface area contributed by atoms with E-state index < -0.39 is 0 Å². The Hall–Kier alpha value is -0.960. The van der Waals surface area contributed by atoms with Crippen LogP contribution in [-0.4, -0.2) is 4.98 Å². The summed E-state index contributed by atoms with van der Waals surface area (Å²) in [5.41, 5.74) is 6.54. The molecule has 3 heteroatoms. The smallest absolute Gasteiger partial charge is 0.146 e. The fourth-order valence-corrected chi connectivity index (χ4v) is 3.77. The van der Waals surface area contributed by atoms with Crippen molar-refractivity contribution in [2.45, 2.75) is 38.1 Å². The van der Waals surface area contributed by atoms with Crippen LogP contribution in [0.2, 0.25) is 0 Å². The Bertz CT molecular complexity index is 407. The van der Waals surface area contributed by atoms with Gasteiger partial charge in [-0.2, -0.15) is 0 Å². The molecule has 1 aromatic heterocycles. The van der Waals surface area contributed by atoms with Crippen molar-refractivity contribution >= 4 is 0 Å². The molecule has 0 saturated heterocycles. The zero-order valence-corrected chi connectivity index (χ0v) is 9.98. The first kappa shape index (κ1) is 11.1. The lowest BCUT2D eigenvalue weighted by Gasteiger charge is -2.24. The summed E-state index contributed by atoms with van der Waals surface area (Å²) in [6, 6.07) is 2.83. The number of rotatable bonds is 3. The standard InChI is InChI=1S/C14H19FN2/c15-12-2-1-5-17-14(12)13(16)8-11-7-9-3-4-10(11)6-9/h1-2,5,9-11,13H,3-4,6-8,16H2. The monoisotopic (exact) mass is 234 g/mol. The van der Waals surface area contributed by atoms with E-state index in [0.29, 0.717) is 11.6 Å². The highest BCUT2D eigenvalue weighted by Crippen LogP contribution is 2.50. The second-order valence-corrected chi connectivity index (χ2v) is 5.65. The third-order valence-electron chi connectivity index (χ3n) is 4.58. The number of halogens is 1. The Morgan fingerprint density at radius 2 is 2.29 bits per heavy atom. The largest absolute Gasteiger partial charge is 0.323 e. The highest BCUT2D eigenvalue weighted by Gasteiger charge is 2.40. The number of pyridine rings is 1. The Morgan fingerprint density at radius 3 is 2.94 bits per heavy atom. The van der Waals surface area contributed by atoms with Gasteiger partial charge in [-0.3, -0.25) is 4.98 Å². The second-order valence-electron chi connectivity index (χ2n) is 5.65. The molecule has 0 radical (unpaired) electrons. The normalized spacial score (nSPS) is 32.9. The molecule has 2 aliphatic rings. The van der Waals surface area contributed by atoms with Gasteiger partial charge in [-0.25, -0.2) is 4.39 Å². The predicted molar refractivity (Wildman–Crippen MR) is 64.7 cm³/mol. The van der Waals surface area contributed by atoms with Crippen molar-refractivity contribution in [1.82, 2.24) is 4.98 Å².